The van der Waals surface area contributed by atoms with Gasteiger partial charge in [-0.05, 0) is 26.2 Å². The molecule has 0 saturated carbocycles. The monoisotopic (exact) mass is 257 g/mol. The van der Waals surface area contributed by atoms with E-state index in [-0.39, 0.29) is 11.7 Å². The fourth-order valence-electron chi connectivity index (χ4n) is 1.59. The molecule has 5 nitrogen and oxygen atoms in total. The van der Waals surface area contributed by atoms with Crippen molar-refractivity contribution < 1.29 is 19.1 Å². The van der Waals surface area contributed by atoms with Crippen LogP contribution in [0.5, 0.6) is 0 Å². The Morgan fingerprint density at radius 3 is 2.39 bits per heavy atom. The first-order chi connectivity index (χ1) is 8.52. The lowest BCUT2D eigenvalue weighted by Gasteiger charge is -2.11. The summed E-state index contributed by atoms with van der Waals surface area (Å²) in [5.74, 6) is -1.38. The zero-order valence-electron chi connectivity index (χ0n) is 11.5. The van der Waals surface area contributed by atoms with Gasteiger partial charge in [-0.1, -0.05) is 13.3 Å². The van der Waals surface area contributed by atoms with Crippen molar-refractivity contribution in [3.63, 3.8) is 0 Å². The Morgan fingerprint density at radius 2 is 1.89 bits per heavy atom. The molecule has 0 aromatic rings. The number of hydrogen-bond donors (Lipinski definition) is 1. The Labute approximate surface area is 108 Å². The summed E-state index contributed by atoms with van der Waals surface area (Å²) in [7, 11) is 1.27. The SMILES string of the molecule is CCCCC(=O)NCCCC(C(C)=O)C(=O)OC. The molecular weight excluding hydrogens is 234 g/mol. The summed E-state index contributed by atoms with van der Waals surface area (Å²) in [6.07, 6.45) is 3.41. The van der Waals surface area contributed by atoms with Crippen molar-refractivity contribution in [2.75, 3.05) is 13.7 Å². The summed E-state index contributed by atoms with van der Waals surface area (Å²) >= 11 is 0. The average molecular weight is 257 g/mol. The van der Waals surface area contributed by atoms with Crippen molar-refractivity contribution >= 4 is 17.7 Å². The molecule has 0 radical (unpaired) electrons. The quantitative estimate of drug-likeness (QED) is 0.385. The van der Waals surface area contributed by atoms with Crippen LogP contribution in [-0.4, -0.2) is 31.3 Å². The van der Waals surface area contributed by atoms with Crippen LogP contribution in [0.25, 0.3) is 0 Å². The molecule has 0 aromatic carbocycles. The third kappa shape index (κ3) is 7.04. The normalized spacial score (nSPS) is 11.7. The van der Waals surface area contributed by atoms with Gasteiger partial charge in [0, 0.05) is 13.0 Å². The number of rotatable bonds is 9. The fourth-order valence-corrected chi connectivity index (χ4v) is 1.59. The van der Waals surface area contributed by atoms with Crippen LogP contribution in [0.15, 0.2) is 0 Å². The maximum atomic E-state index is 11.3. The van der Waals surface area contributed by atoms with E-state index < -0.39 is 11.9 Å². The lowest BCUT2D eigenvalue weighted by atomic mass is 9.99. The molecule has 1 amide bonds. The molecule has 18 heavy (non-hydrogen) atoms. The molecule has 1 N–H and O–H groups in total. The van der Waals surface area contributed by atoms with Gasteiger partial charge in [0.25, 0.3) is 0 Å². The van der Waals surface area contributed by atoms with Crippen LogP contribution in [0.1, 0.15) is 46.0 Å². The molecule has 1 atom stereocenters. The summed E-state index contributed by atoms with van der Waals surface area (Å²) in [6, 6.07) is 0. The molecule has 1 unspecified atom stereocenters. The number of carbonyl (C=O) groups excluding carboxylic acids is 3. The van der Waals surface area contributed by atoms with E-state index in [2.05, 4.69) is 10.1 Å². The summed E-state index contributed by atoms with van der Waals surface area (Å²) < 4.78 is 4.56. The second-order valence-corrected chi connectivity index (χ2v) is 4.28. The van der Waals surface area contributed by atoms with Crippen molar-refractivity contribution in [1.29, 1.82) is 0 Å². The highest BCUT2D eigenvalue weighted by molar-refractivity contribution is 5.97. The van der Waals surface area contributed by atoms with Crippen LogP contribution < -0.4 is 5.32 Å². The van der Waals surface area contributed by atoms with E-state index in [9.17, 15) is 14.4 Å². The van der Waals surface area contributed by atoms with Gasteiger partial charge in [-0.3, -0.25) is 14.4 Å². The minimum absolute atomic E-state index is 0.0225. The second kappa shape index (κ2) is 9.62. The van der Waals surface area contributed by atoms with E-state index in [1.54, 1.807) is 0 Å². The van der Waals surface area contributed by atoms with E-state index in [0.29, 0.717) is 25.8 Å². The smallest absolute Gasteiger partial charge is 0.316 e. The van der Waals surface area contributed by atoms with Gasteiger partial charge in [-0.15, -0.1) is 0 Å². The zero-order valence-corrected chi connectivity index (χ0v) is 11.5. The third-order valence-electron chi connectivity index (χ3n) is 2.73. The number of methoxy groups -OCH3 is 1. The van der Waals surface area contributed by atoms with Gasteiger partial charge in [0.1, 0.15) is 11.7 Å². The van der Waals surface area contributed by atoms with Crippen molar-refractivity contribution in [2.45, 2.75) is 46.0 Å². The number of esters is 1. The van der Waals surface area contributed by atoms with Crippen LogP contribution in [0.3, 0.4) is 0 Å². The summed E-state index contributed by atoms with van der Waals surface area (Å²) in [6.45, 7) is 3.89. The number of amides is 1. The van der Waals surface area contributed by atoms with E-state index in [0.717, 1.165) is 12.8 Å². The molecule has 0 aromatic heterocycles. The molecular formula is C13H23NO4. The van der Waals surface area contributed by atoms with Gasteiger partial charge in [0.05, 0.1) is 7.11 Å². The number of unbranched alkanes of at least 4 members (excludes halogenated alkanes) is 1. The predicted molar refractivity (Wildman–Crippen MR) is 68.0 cm³/mol. The van der Waals surface area contributed by atoms with Crippen molar-refractivity contribution in [1.82, 2.24) is 5.32 Å². The Bertz CT molecular complexity index is 289. The van der Waals surface area contributed by atoms with E-state index in [1.165, 1.54) is 14.0 Å². The molecule has 0 aliphatic heterocycles. The molecule has 104 valence electrons. The standard InChI is InChI=1S/C13H23NO4/c1-4-5-8-12(16)14-9-6-7-11(10(2)15)13(17)18-3/h11H,4-9H2,1-3H3,(H,14,16). The van der Waals surface area contributed by atoms with E-state index in [4.69, 9.17) is 0 Å². The van der Waals surface area contributed by atoms with Gasteiger partial charge in [0.15, 0.2) is 0 Å². The van der Waals surface area contributed by atoms with Crippen molar-refractivity contribution in [3.05, 3.63) is 0 Å². The number of ether oxygens (including phenoxy) is 1. The zero-order chi connectivity index (χ0) is 14.0. The first-order valence-electron chi connectivity index (χ1n) is 6.37. The maximum Gasteiger partial charge on any atom is 0.316 e. The van der Waals surface area contributed by atoms with E-state index >= 15 is 0 Å². The molecule has 0 heterocycles. The van der Waals surface area contributed by atoms with Crippen molar-refractivity contribution in [2.24, 2.45) is 5.92 Å². The van der Waals surface area contributed by atoms with Gasteiger partial charge in [-0.2, -0.15) is 0 Å². The summed E-state index contributed by atoms with van der Waals surface area (Å²) in [5, 5.41) is 2.77. The topological polar surface area (TPSA) is 72.5 Å². The third-order valence-corrected chi connectivity index (χ3v) is 2.73. The molecule has 0 aliphatic rings. The Hall–Kier alpha value is -1.39. The lowest BCUT2D eigenvalue weighted by Crippen LogP contribution is -2.27. The first-order valence-corrected chi connectivity index (χ1v) is 6.37. The molecule has 0 saturated heterocycles. The first kappa shape index (κ1) is 16.6. The number of ketones is 1. The Morgan fingerprint density at radius 1 is 1.22 bits per heavy atom. The van der Waals surface area contributed by atoms with Crippen LogP contribution in [0.2, 0.25) is 0 Å². The maximum absolute atomic E-state index is 11.3. The Balaban J connectivity index is 3.83. The van der Waals surface area contributed by atoms with Crippen LogP contribution in [0.4, 0.5) is 0 Å². The van der Waals surface area contributed by atoms with Crippen LogP contribution in [-0.2, 0) is 19.1 Å². The summed E-state index contributed by atoms with van der Waals surface area (Å²) in [5.41, 5.74) is 0. The van der Waals surface area contributed by atoms with Gasteiger partial charge in [0.2, 0.25) is 5.91 Å². The van der Waals surface area contributed by atoms with Crippen molar-refractivity contribution in [3.8, 4) is 0 Å². The summed E-state index contributed by atoms with van der Waals surface area (Å²) in [4.78, 5) is 33.8. The predicted octanol–water partition coefficient (Wildman–Crippen LogP) is 1.45. The number of hydrogen-bond acceptors (Lipinski definition) is 4. The highest BCUT2D eigenvalue weighted by Gasteiger charge is 2.23. The van der Waals surface area contributed by atoms with Gasteiger partial charge < -0.3 is 10.1 Å². The van der Waals surface area contributed by atoms with Crippen LogP contribution >= 0.6 is 0 Å². The number of nitrogens with one attached hydrogen (secondary N) is 1. The molecule has 0 spiro atoms. The number of carbonyl (C=O) groups is 3. The minimum Gasteiger partial charge on any atom is -0.468 e. The van der Waals surface area contributed by atoms with Gasteiger partial charge in [-0.25, -0.2) is 0 Å². The van der Waals surface area contributed by atoms with Gasteiger partial charge >= 0.3 is 5.97 Å². The lowest BCUT2D eigenvalue weighted by molar-refractivity contribution is -0.149. The fraction of sp³-hybridized carbons (Fsp3) is 0.769. The highest BCUT2D eigenvalue weighted by atomic mass is 16.5. The largest absolute Gasteiger partial charge is 0.468 e. The van der Waals surface area contributed by atoms with Crippen LogP contribution in [0, 0.1) is 5.92 Å². The molecule has 5 heteroatoms. The average Bonchev–Trinajstić information content (AvgIpc) is 2.34. The van der Waals surface area contributed by atoms with E-state index in [1.807, 2.05) is 6.92 Å². The minimum atomic E-state index is -0.706. The molecule has 0 aliphatic carbocycles. The Kier molecular flexibility index (Phi) is 8.88. The molecule has 0 bridgehead atoms. The second-order valence-electron chi connectivity index (χ2n) is 4.28. The number of Topliss-reactive ketones (excluding diaryl/α,β-unsaturated/α-hetero) is 1. The highest BCUT2D eigenvalue weighted by Crippen LogP contribution is 2.09. The molecule has 0 fully saturated rings. The molecule has 0 rings (SSSR count).